The topological polar surface area (TPSA) is 103 Å². The fourth-order valence-electron chi connectivity index (χ4n) is 3.54. The van der Waals surface area contributed by atoms with Crippen LogP contribution in [0.1, 0.15) is 32.6 Å². The zero-order valence-electron chi connectivity index (χ0n) is 15.5. The van der Waals surface area contributed by atoms with E-state index < -0.39 is 17.6 Å². The van der Waals surface area contributed by atoms with E-state index in [0.29, 0.717) is 11.1 Å². The van der Waals surface area contributed by atoms with Crippen LogP contribution in [0.15, 0.2) is 39.8 Å². The number of benzene rings is 1. The summed E-state index contributed by atoms with van der Waals surface area (Å²) < 4.78 is 11.9. The second-order valence-corrected chi connectivity index (χ2v) is 7.08. The van der Waals surface area contributed by atoms with Crippen LogP contribution in [0.4, 0.5) is 0 Å². The van der Waals surface area contributed by atoms with Crippen molar-refractivity contribution in [1.29, 1.82) is 0 Å². The SMILES string of the molecule is CC(OC(=O)Cn1cnc2c(oc3ccccc32)c1=O)C(=O)NC1CCCC1. The van der Waals surface area contributed by atoms with E-state index in [1.807, 2.05) is 12.1 Å². The Balaban J connectivity index is 1.46. The Hall–Kier alpha value is -3.16. The number of amides is 1. The molecule has 1 aromatic carbocycles. The summed E-state index contributed by atoms with van der Waals surface area (Å²) in [6.45, 7) is 1.17. The number of esters is 1. The maximum atomic E-state index is 12.6. The molecule has 1 saturated carbocycles. The number of fused-ring (bicyclic) bond motifs is 3. The first-order valence-corrected chi connectivity index (χ1v) is 9.39. The van der Waals surface area contributed by atoms with Gasteiger partial charge in [0.25, 0.3) is 11.5 Å². The van der Waals surface area contributed by atoms with Crippen molar-refractivity contribution in [3.8, 4) is 0 Å². The number of carbonyl (C=O) groups is 2. The lowest BCUT2D eigenvalue weighted by atomic mass is 10.2. The lowest BCUT2D eigenvalue weighted by molar-refractivity contribution is -0.155. The third-order valence-corrected chi connectivity index (χ3v) is 5.03. The summed E-state index contributed by atoms with van der Waals surface area (Å²) >= 11 is 0. The first-order valence-electron chi connectivity index (χ1n) is 9.39. The second kappa shape index (κ2) is 7.46. The summed E-state index contributed by atoms with van der Waals surface area (Å²) in [7, 11) is 0. The molecule has 1 N–H and O–H groups in total. The fourth-order valence-corrected chi connectivity index (χ4v) is 3.54. The van der Waals surface area contributed by atoms with Crippen LogP contribution in [0.5, 0.6) is 0 Å². The minimum absolute atomic E-state index is 0.0866. The third-order valence-electron chi connectivity index (χ3n) is 5.03. The van der Waals surface area contributed by atoms with E-state index in [0.717, 1.165) is 35.6 Å². The minimum atomic E-state index is -0.924. The van der Waals surface area contributed by atoms with Gasteiger partial charge in [0.15, 0.2) is 6.10 Å². The molecule has 1 fully saturated rings. The molecule has 2 heterocycles. The van der Waals surface area contributed by atoms with Gasteiger partial charge in [-0.1, -0.05) is 25.0 Å². The van der Waals surface area contributed by atoms with Crippen LogP contribution in [-0.2, 0) is 20.9 Å². The Kier molecular flexibility index (Phi) is 4.85. The fraction of sp³-hybridized carbons (Fsp3) is 0.400. The van der Waals surface area contributed by atoms with E-state index in [-0.39, 0.29) is 24.1 Å². The smallest absolute Gasteiger partial charge is 0.326 e. The van der Waals surface area contributed by atoms with Gasteiger partial charge >= 0.3 is 5.97 Å². The van der Waals surface area contributed by atoms with Crippen molar-refractivity contribution in [3.05, 3.63) is 40.9 Å². The number of furan rings is 1. The van der Waals surface area contributed by atoms with Crippen molar-refractivity contribution in [3.63, 3.8) is 0 Å². The van der Waals surface area contributed by atoms with E-state index in [9.17, 15) is 14.4 Å². The maximum Gasteiger partial charge on any atom is 0.326 e. The van der Waals surface area contributed by atoms with Gasteiger partial charge in [-0.05, 0) is 31.9 Å². The summed E-state index contributed by atoms with van der Waals surface area (Å²) in [6, 6.07) is 7.35. The van der Waals surface area contributed by atoms with Crippen LogP contribution in [-0.4, -0.2) is 33.6 Å². The quantitative estimate of drug-likeness (QED) is 0.677. The van der Waals surface area contributed by atoms with E-state index in [2.05, 4.69) is 10.3 Å². The highest BCUT2D eigenvalue weighted by atomic mass is 16.5. The van der Waals surface area contributed by atoms with Gasteiger partial charge in [0, 0.05) is 11.4 Å². The van der Waals surface area contributed by atoms with Gasteiger partial charge < -0.3 is 14.5 Å². The monoisotopic (exact) mass is 383 g/mol. The molecule has 0 saturated heterocycles. The van der Waals surface area contributed by atoms with Gasteiger partial charge in [0.2, 0.25) is 5.58 Å². The number of rotatable bonds is 5. The Morgan fingerprint density at radius 1 is 1.32 bits per heavy atom. The molecule has 8 nitrogen and oxygen atoms in total. The summed E-state index contributed by atoms with van der Waals surface area (Å²) in [5.74, 6) is -1.01. The zero-order valence-corrected chi connectivity index (χ0v) is 15.5. The molecule has 4 rings (SSSR count). The van der Waals surface area contributed by atoms with Crippen LogP contribution in [0.25, 0.3) is 22.1 Å². The number of nitrogens with zero attached hydrogens (tertiary/aromatic N) is 2. The minimum Gasteiger partial charge on any atom is -0.451 e. The molecule has 1 atom stereocenters. The van der Waals surface area contributed by atoms with Crippen LogP contribution < -0.4 is 10.9 Å². The number of hydrogen-bond acceptors (Lipinski definition) is 6. The lowest BCUT2D eigenvalue weighted by Gasteiger charge is -2.17. The first kappa shape index (κ1) is 18.2. The number of carbonyl (C=O) groups excluding carboxylic acids is 2. The van der Waals surface area contributed by atoms with Crippen molar-refractivity contribution in [1.82, 2.24) is 14.9 Å². The van der Waals surface area contributed by atoms with Crippen molar-refractivity contribution in [2.24, 2.45) is 0 Å². The molecule has 3 aromatic rings. The Labute approximate surface area is 160 Å². The summed E-state index contributed by atoms with van der Waals surface area (Å²) in [4.78, 5) is 41.2. The molecule has 1 aliphatic rings. The average molecular weight is 383 g/mol. The molecular formula is C20H21N3O5. The lowest BCUT2D eigenvalue weighted by Crippen LogP contribution is -2.41. The van der Waals surface area contributed by atoms with Crippen molar-refractivity contribution in [2.45, 2.75) is 51.3 Å². The normalized spacial score (nSPS) is 15.8. The van der Waals surface area contributed by atoms with Gasteiger partial charge in [-0.2, -0.15) is 0 Å². The molecule has 0 radical (unpaired) electrons. The highest BCUT2D eigenvalue weighted by Crippen LogP contribution is 2.24. The molecular weight excluding hydrogens is 362 g/mol. The number of ether oxygens (including phenoxy) is 1. The van der Waals surface area contributed by atoms with E-state index in [1.165, 1.54) is 13.3 Å². The molecule has 0 aliphatic heterocycles. The van der Waals surface area contributed by atoms with E-state index in [1.54, 1.807) is 12.1 Å². The van der Waals surface area contributed by atoms with Crippen molar-refractivity contribution >= 4 is 33.9 Å². The summed E-state index contributed by atoms with van der Waals surface area (Å²) in [5, 5.41) is 3.62. The van der Waals surface area contributed by atoms with Gasteiger partial charge in [-0.25, -0.2) is 4.98 Å². The average Bonchev–Trinajstić information content (AvgIpc) is 3.31. The predicted molar refractivity (Wildman–Crippen MR) is 102 cm³/mol. The molecule has 0 spiro atoms. The Bertz CT molecular complexity index is 1090. The van der Waals surface area contributed by atoms with Crippen LogP contribution in [0.2, 0.25) is 0 Å². The standard InChI is InChI=1S/C20H21N3O5/c1-12(19(25)22-13-6-2-3-7-13)27-16(24)10-23-11-21-17-14-8-4-5-9-15(14)28-18(17)20(23)26/h4-5,8-9,11-13H,2-3,6-7,10H2,1H3,(H,22,25). The largest absolute Gasteiger partial charge is 0.451 e. The highest BCUT2D eigenvalue weighted by Gasteiger charge is 2.23. The van der Waals surface area contributed by atoms with Gasteiger partial charge in [-0.15, -0.1) is 0 Å². The zero-order chi connectivity index (χ0) is 19.7. The predicted octanol–water partition coefficient (Wildman–Crippen LogP) is 2.13. The molecule has 1 aliphatic carbocycles. The maximum absolute atomic E-state index is 12.6. The third kappa shape index (κ3) is 3.49. The van der Waals surface area contributed by atoms with E-state index in [4.69, 9.17) is 9.15 Å². The molecule has 1 amide bonds. The molecule has 1 unspecified atom stereocenters. The first-order chi connectivity index (χ1) is 13.5. The molecule has 146 valence electrons. The van der Waals surface area contributed by atoms with Crippen LogP contribution in [0.3, 0.4) is 0 Å². The molecule has 28 heavy (non-hydrogen) atoms. The number of nitrogens with one attached hydrogen (secondary N) is 1. The van der Waals surface area contributed by atoms with Crippen LogP contribution in [0, 0.1) is 0 Å². The Morgan fingerprint density at radius 3 is 2.86 bits per heavy atom. The number of para-hydroxylation sites is 1. The summed E-state index contributed by atoms with van der Waals surface area (Å²) in [5.41, 5.74) is 0.624. The number of hydrogen-bond donors (Lipinski definition) is 1. The summed E-state index contributed by atoms with van der Waals surface area (Å²) in [6.07, 6.45) is 4.46. The highest BCUT2D eigenvalue weighted by molar-refractivity contribution is 6.01. The molecule has 2 aromatic heterocycles. The molecule has 8 heteroatoms. The van der Waals surface area contributed by atoms with Gasteiger partial charge in [0.1, 0.15) is 17.6 Å². The van der Waals surface area contributed by atoms with Crippen LogP contribution >= 0.6 is 0 Å². The van der Waals surface area contributed by atoms with Gasteiger partial charge in [0.05, 0.1) is 6.33 Å². The second-order valence-electron chi connectivity index (χ2n) is 7.08. The molecule has 0 bridgehead atoms. The van der Waals surface area contributed by atoms with E-state index >= 15 is 0 Å². The van der Waals surface area contributed by atoms with Crippen molar-refractivity contribution < 1.29 is 18.7 Å². The Morgan fingerprint density at radius 2 is 2.07 bits per heavy atom. The number of aromatic nitrogens is 2. The van der Waals surface area contributed by atoms with Crippen molar-refractivity contribution in [2.75, 3.05) is 0 Å². The van der Waals surface area contributed by atoms with Gasteiger partial charge in [-0.3, -0.25) is 19.0 Å².